The van der Waals surface area contributed by atoms with E-state index in [4.69, 9.17) is 9.47 Å². The monoisotopic (exact) mass is 499 g/mol. The first-order valence-corrected chi connectivity index (χ1v) is 12.0. The van der Waals surface area contributed by atoms with Crippen molar-refractivity contribution in [1.29, 1.82) is 0 Å². The van der Waals surface area contributed by atoms with E-state index in [0.717, 1.165) is 18.5 Å². The van der Waals surface area contributed by atoms with E-state index in [1.165, 1.54) is 24.5 Å². The van der Waals surface area contributed by atoms with E-state index >= 15 is 0 Å². The fourth-order valence-corrected chi connectivity index (χ4v) is 4.12. The van der Waals surface area contributed by atoms with E-state index in [0.29, 0.717) is 41.9 Å². The first-order valence-electron chi connectivity index (χ1n) is 11.2. The number of nitrogens with zero attached hydrogens (tertiary/aromatic N) is 4. The molecular weight excluding hydrogens is 470 g/mol. The van der Waals surface area contributed by atoms with E-state index in [9.17, 15) is 14.4 Å². The maximum absolute atomic E-state index is 12.8. The van der Waals surface area contributed by atoms with Crippen molar-refractivity contribution in [3.63, 3.8) is 0 Å². The summed E-state index contributed by atoms with van der Waals surface area (Å²) in [7, 11) is 1.54. The van der Waals surface area contributed by atoms with Crippen LogP contribution in [0.4, 0.5) is 5.13 Å². The molecule has 2 heterocycles. The molecule has 1 aromatic carbocycles. The van der Waals surface area contributed by atoms with Crippen molar-refractivity contribution in [3.05, 3.63) is 59.6 Å². The van der Waals surface area contributed by atoms with Crippen LogP contribution in [-0.4, -0.2) is 59.1 Å². The summed E-state index contributed by atoms with van der Waals surface area (Å²) < 4.78 is 12.1. The second-order valence-electron chi connectivity index (χ2n) is 7.69. The SMILES string of the molecule is COCCC(=O)N(CCc1ccc(OC(C)=O)cc1)c1ncc(C(=O)NCCCn2ccnc2)s1. The predicted molar refractivity (Wildman–Crippen MR) is 132 cm³/mol. The Bertz CT molecular complexity index is 1100. The van der Waals surface area contributed by atoms with Gasteiger partial charge in [-0.2, -0.15) is 0 Å². The molecule has 11 heteroatoms. The summed E-state index contributed by atoms with van der Waals surface area (Å²) in [6, 6.07) is 7.13. The minimum absolute atomic E-state index is 0.134. The highest BCUT2D eigenvalue weighted by molar-refractivity contribution is 7.17. The summed E-state index contributed by atoms with van der Waals surface area (Å²) >= 11 is 1.18. The Balaban J connectivity index is 1.59. The molecule has 0 aliphatic rings. The lowest BCUT2D eigenvalue weighted by molar-refractivity contribution is -0.131. The molecule has 0 saturated heterocycles. The molecule has 1 N–H and O–H groups in total. The van der Waals surface area contributed by atoms with E-state index in [-0.39, 0.29) is 24.2 Å². The van der Waals surface area contributed by atoms with Crippen LogP contribution < -0.4 is 15.0 Å². The van der Waals surface area contributed by atoms with Gasteiger partial charge in [-0.1, -0.05) is 23.5 Å². The minimum atomic E-state index is -0.380. The number of carbonyl (C=O) groups excluding carboxylic acids is 3. The number of carbonyl (C=O) groups is 3. The number of esters is 1. The van der Waals surface area contributed by atoms with Gasteiger partial charge in [-0.3, -0.25) is 19.3 Å². The van der Waals surface area contributed by atoms with Gasteiger partial charge < -0.3 is 19.4 Å². The Kier molecular flexibility index (Phi) is 9.93. The second-order valence-corrected chi connectivity index (χ2v) is 8.70. The lowest BCUT2D eigenvalue weighted by Gasteiger charge is -2.20. The predicted octanol–water partition coefficient (Wildman–Crippen LogP) is 2.70. The number of aromatic nitrogens is 3. The smallest absolute Gasteiger partial charge is 0.308 e. The molecule has 2 aromatic heterocycles. The van der Waals surface area contributed by atoms with Gasteiger partial charge in [0.15, 0.2) is 5.13 Å². The summed E-state index contributed by atoms with van der Waals surface area (Å²) in [5.41, 5.74) is 0.970. The number of aryl methyl sites for hydroxylation is 1. The van der Waals surface area contributed by atoms with Crippen LogP contribution >= 0.6 is 11.3 Å². The minimum Gasteiger partial charge on any atom is -0.427 e. The summed E-state index contributed by atoms with van der Waals surface area (Å²) in [6.07, 6.45) is 8.36. The number of anilines is 1. The second kappa shape index (κ2) is 13.4. The van der Waals surface area contributed by atoms with Crippen molar-refractivity contribution >= 4 is 34.3 Å². The van der Waals surface area contributed by atoms with Crippen LogP contribution in [0.1, 0.15) is 35.0 Å². The van der Waals surface area contributed by atoms with Crippen molar-refractivity contribution < 1.29 is 23.9 Å². The summed E-state index contributed by atoms with van der Waals surface area (Å²) in [5.74, 6) is -0.265. The van der Waals surface area contributed by atoms with Crippen molar-refractivity contribution in [2.75, 3.05) is 31.7 Å². The highest BCUT2D eigenvalue weighted by Crippen LogP contribution is 2.24. The fourth-order valence-electron chi connectivity index (χ4n) is 3.25. The molecule has 0 atom stereocenters. The summed E-state index contributed by atoms with van der Waals surface area (Å²) in [6.45, 7) is 3.31. The molecule has 2 amide bonds. The third-order valence-corrected chi connectivity index (χ3v) is 6.04. The zero-order chi connectivity index (χ0) is 25.0. The Morgan fingerprint density at radius 1 is 1.20 bits per heavy atom. The molecular formula is C24H29N5O5S. The van der Waals surface area contributed by atoms with Crippen LogP contribution in [0.3, 0.4) is 0 Å². The highest BCUT2D eigenvalue weighted by Gasteiger charge is 2.21. The normalized spacial score (nSPS) is 10.7. The number of rotatable bonds is 13. The van der Waals surface area contributed by atoms with Crippen LogP contribution in [-0.2, 0) is 27.3 Å². The maximum atomic E-state index is 12.8. The number of hydrogen-bond acceptors (Lipinski definition) is 8. The first-order chi connectivity index (χ1) is 17.0. The molecule has 0 aliphatic carbocycles. The number of methoxy groups -OCH3 is 1. The van der Waals surface area contributed by atoms with Crippen LogP contribution in [0.2, 0.25) is 0 Å². The standard InChI is InChI=1S/C24H29N5O5S/c1-18(30)34-20-6-4-19(5-7-20)8-13-29(22(31)9-15-33-2)24-27-16-21(35-24)23(32)26-10-3-12-28-14-11-25-17-28/h4-7,11,14,16-17H,3,8-10,12-13,15H2,1-2H3,(H,26,32). The molecule has 0 unspecified atom stereocenters. The zero-order valence-electron chi connectivity index (χ0n) is 19.8. The first kappa shape index (κ1) is 26.0. The van der Waals surface area contributed by atoms with Crippen molar-refractivity contribution in [3.8, 4) is 5.75 Å². The quantitative estimate of drug-likeness (QED) is 0.218. The number of amides is 2. The lowest BCUT2D eigenvalue weighted by Crippen LogP contribution is -2.33. The van der Waals surface area contributed by atoms with E-state index in [1.54, 1.807) is 36.7 Å². The lowest BCUT2D eigenvalue weighted by atomic mass is 10.1. The molecule has 186 valence electrons. The number of nitrogens with one attached hydrogen (secondary N) is 1. The maximum Gasteiger partial charge on any atom is 0.308 e. The number of imidazole rings is 1. The fraction of sp³-hybridized carbons (Fsp3) is 0.375. The Hall–Kier alpha value is -3.57. The average Bonchev–Trinajstić information content (AvgIpc) is 3.54. The molecule has 0 aliphatic heterocycles. The molecule has 0 spiro atoms. The molecule has 3 rings (SSSR count). The van der Waals surface area contributed by atoms with Gasteiger partial charge in [0.05, 0.1) is 25.6 Å². The van der Waals surface area contributed by atoms with Crippen LogP contribution in [0, 0.1) is 0 Å². The highest BCUT2D eigenvalue weighted by atomic mass is 32.1. The van der Waals surface area contributed by atoms with Crippen molar-refractivity contribution in [2.24, 2.45) is 0 Å². The Labute approximate surface area is 207 Å². The van der Waals surface area contributed by atoms with Crippen LogP contribution in [0.15, 0.2) is 49.2 Å². The van der Waals surface area contributed by atoms with Gasteiger partial charge in [-0.25, -0.2) is 9.97 Å². The number of benzene rings is 1. The van der Waals surface area contributed by atoms with Gasteiger partial charge in [-0.15, -0.1) is 0 Å². The molecule has 3 aromatic rings. The molecule has 10 nitrogen and oxygen atoms in total. The van der Waals surface area contributed by atoms with Crippen LogP contribution in [0.5, 0.6) is 5.75 Å². The van der Waals surface area contributed by atoms with Gasteiger partial charge >= 0.3 is 5.97 Å². The molecule has 35 heavy (non-hydrogen) atoms. The topological polar surface area (TPSA) is 116 Å². The summed E-state index contributed by atoms with van der Waals surface area (Å²) in [5, 5.41) is 3.36. The number of hydrogen-bond donors (Lipinski definition) is 1. The third-order valence-electron chi connectivity index (χ3n) is 5.02. The third kappa shape index (κ3) is 8.30. The van der Waals surface area contributed by atoms with Crippen molar-refractivity contribution in [2.45, 2.75) is 32.7 Å². The van der Waals surface area contributed by atoms with Gasteiger partial charge in [-0.05, 0) is 30.5 Å². The number of thiazole rings is 1. The van der Waals surface area contributed by atoms with Gasteiger partial charge in [0.2, 0.25) is 5.91 Å². The molecule has 0 fully saturated rings. The van der Waals surface area contributed by atoms with Gasteiger partial charge in [0.25, 0.3) is 5.91 Å². The van der Waals surface area contributed by atoms with Gasteiger partial charge in [0.1, 0.15) is 10.6 Å². The van der Waals surface area contributed by atoms with Gasteiger partial charge in [0, 0.05) is 46.1 Å². The van der Waals surface area contributed by atoms with E-state index in [2.05, 4.69) is 15.3 Å². The molecule has 0 saturated carbocycles. The number of ether oxygens (including phenoxy) is 2. The average molecular weight is 500 g/mol. The summed E-state index contributed by atoms with van der Waals surface area (Å²) in [4.78, 5) is 46.9. The largest absolute Gasteiger partial charge is 0.427 e. The van der Waals surface area contributed by atoms with E-state index in [1.807, 2.05) is 22.9 Å². The molecule has 0 bridgehead atoms. The van der Waals surface area contributed by atoms with Crippen molar-refractivity contribution in [1.82, 2.24) is 19.9 Å². The Morgan fingerprint density at radius 3 is 2.69 bits per heavy atom. The molecule has 0 radical (unpaired) electrons. The zero-order valence-corrected chi connectivity index (χ0v) is 20.6. The van der Waals surface area contributed by atoms with E-state index < -0.39 is 0 Å². The Morgan fingerprint density at radius 2 is 2.00 bits per heavy atom. The van der Waals surface area contributed by atoms with Crippen LogP contribution in [0.25, 0.3) is 0 Å².